The Balaban J connectivity index is 2.01. The highest BCUT2D eigenvalue weighted by molar-refractivity contribution is 5.80. The molecule has 1 aromatic rings. The summed E-state index contributed by atoms with van der Waals surface area (Å²) in [5.41, 5.74) is 6.92. The van der Waals surface area contributed by atoms with E-state index in [2.05, 4.69) is 10.3 Å². The standard InChI is InChI=1S/C16H26N4O/c1-16(17)9-5-4-8-13(16)15(21)19-11-12-7-6-10-18-14(12)20(2)3/h6-7,10,13H,4-5,8-9,11,17H2,1-3H3,(H,19,21). The van der Waals surface area contributed by atoms with Crippen molar-refractivity contribution in [3.8, 4) is 0 Å². The zero-order chi connectivity index (χ0) is 15.5. The number of anilines is 1. The van der Waals surface area contributed by atoms with E-state index in [0.717, 1.165) is 37.1 Å². The van der Waals surface area contributed by atoms with Crippen LogP contribution in [-0.2, 0) is 11.3 Å². The lowest BCUT2D eigenvalue weighted by atomic mass is 9.74. The van der Waals surface area contributed by atoms with Crippen LogP contribution in [0.25, 0.3) is 0 Å². The van der Waals surface area contributed by atoms with Gasteiger partial charge in [0.25, 0.3) is 0 Å². The first-order valence-corrected chi connectivity index (χ1v) is 7.59. The van der Waals surface area contributed by atoms with Gasteiger partial charge >= 0.3 is 0 Å². The molecule has 3 N–H and O–H groups in total. The average molecular weight is 290 g/mol. The van der Waals surface area contributed by atoms with Crippen molar-refractivity contribution in [3.05, 3.63) is 23.9 Å². The Morgan fingerprint density at radius 1 is 1.52 bits per heavy atom. The molecule has 0 bridgehead atoms. The van der Waals surface area contributed by atoms with Crippen molar-refractivity contribution in [1.29, 1.82) is 0 Å². The predicted octanol–water partition coefficient (Wildman–Crippen LogP) is 1.67. The van der Waals surface area contributed by atoms with Crippen LogP contribution in [-0.4, -0.2) is 30.5 Å². The largest absolute Gasteiger partial charge is 0.362 e. The van der Waals surface area contributed by atoms with Gasteiger partial charge in [0.1, 0.15) is 5.82 Å². The highest BCUT2D eigenvalue weighted by atomic mass is 16.1. The molecule has 1 aliphatic carbocycles. The van der Waals surface area contributed by atoms with Gasteiger partial charge in [-0.2, -0.15) is 0 Å². The second-order valence-corrected chi connectivity index (χ2v) is 6.40. The van der Waals surface area contributed by atoms with E-state index in [-0.39, 0.29) is 17.4 Å². The summed E-state index contributed by atoms with van der Waals surface area (Å²) in [6, 6.07) is 3.88. The van der Waals surface area contributed by atoms with Crippen LogP contribution in [0.3, 0.4) is 0 Å². The fourth-order valence-corrected chi connectivity index (χ4v) is 3.07. The lowest BCUT2D eigenvalue weighted by Gasteiger charge is -2.37. The summed E-state index contributed by atoms with van der Waals surface area (Å²) in [6.45, 7) is 2.48. The molecule has 0 aromatic carbocycles. The highest BCUT2D eigenvalue weighted by Gasteiger charge is 2.37. The van der Waals surface area contributed by atoms with Crippen molar-refractivity contribution in [2.45, 2.75) is 44.7 Å². The average Bonchev–Trinajstić information content (AvgIpc) is 2.44. The lowest BCUT2D eigenvalue weighted by molar-refractivity contribution is -0.128. The van der Waals surface area contributed by atoms with Gasteiger partial charge in [0, 0.05) is 37.9 Å². The topological polar surface area (TPSA) is 71.2 Å². The van der Waals surface area contributed by atoms with E-state index >= 15 is 0 Å². The molecule has 0 radical (unpaired) electrons. The first kappa shape index (κ1) is 15.8. The summed E-state index contributed by atoms with van der Waals surface area (Å²) in [4.78, 5) is 18.7. The van der Waals surface area contributed by atoms with Crippen molar-refractivity contribution in [2.24, 2.45) is 11.7 Å². The number of nitrogens with one attached hydrogen (secondary N) is 1. The van der Waals surface area contributed by atoms with Gasteiger partial charge in [0.05, 0.1) is 5.92 Å². The first-order chi connectivity index (χ1) is 9.92. The second kappa shape index (κ2) is 6.43. The van der Waals surface area contributed by atoms with Gasteiger partial charge in [-0.3, -0.25) is 4.79 Å². The molecule has 1 aromatic heterocycles. The Morgan fingerprint density at radius 3 is 2.95 bits per heavy atom. The number of hydrogen-bond donors (Lipinski definition) is 2. The van der Waals surface area contributed by atoms with Gasteiger partial charge < -0.3 is 16.0 Å². The Labute approximate surface area is 126 Å². The van der Waals surface area contributed by atoms with Crippen LogP contribution in [0, 0.1) is 5.92 Å². The molecule has 1 fully saturated rings. The molecule has 21 heavy (non-hydrogen) atoms. The smallest absolute Gasteiger partial charge is 0.225 e. The minimum Gasteiger partial charge on any atom is -0.362 e. The summed E-state index contributed by atoms with van der Waals surface area (Å²) in [6.07, 6.45) is 5.76. The molecule has 0 saturated heterocycles. The quantitative estimate of drug-likeness (QED) is 0.885. The van der Waals surface area contributed by atoms with E-state index in [4.69, 9.17) is 5.73 Å². The zero-order valence-corrected chi connectivity index (χ0v) is 13.2. The third kappa shape index (κ3) is 3.73. The van der Waals surface area contributed by atoms with Crippen LogP contribution in [0.15, 0.2) is 18.3 Å². The van der Waals surface area contributed by atoms with Crippen molar-refractivity contribution >= 4 is 11.7 Å². The van der Waals surface area contributed by atoms with Crippen LogP contribution in [0.1, 0.15) is 38.2 Å². The molecule has 5 nitrogen and oxygen atoms in total. The fourth-order valence-electron chi connectivity index (χ4n) is 3.07. The maximum Gasteiger partial charge on any atom is 0.225 e. The molecule has 1 heterocycles. The summed E-state index contributed by atoms with van der Waals surface area (Å²) in [5, 5.41) is 3.03. The molecule has 2 unspecified atom stereocenters. The highest BCUT2D eigenvalue weighted by Crippen LogP contribution is 2.31. The van der Waals surface area contributed by atoms with Crippen LogP contribution in [0.5, 0.6) is 0 Å². The van der Waals surface area contributed by atoms with E-state index in [9.17, 15) is 4.79 Å². The Hall–Kier alpha value is -1.62. The first-order valence-electron chi connectivity index (χ1n) is 7.59. The van der Waals surface area contributed by atoms with Crippen LogP contribution in [0.2, 0.25) is 0 Å². The number of carbonyl (C=O) groups is 1. The van der Waals surface area contributed by atoms with E-state index in [1.165, 1.54) is 0 Å². The minimum atomic E-state index is -0.387. The summed E-state index contributed by atoms with van der Waals surface area (Å²) in [5.74, 6) is 0.857. The van der Waals surface area contributed by atoms with Crippen LogP contribution >= 0.6 is 0 Å². The molecule has 0 aliphatic heterocycles. The molecular weight excluding hydrogens is 264 g/mol. The molecular formula is C16H26N4O. The Bertz CT molecular complexity index is 499. The van der Waals surface area contributed by atoms with Gasteiger partial charge in [-0.25, -0.2) is 4.98 Å². The van der Waals surface area contributed by atoms with Crippen molar-refractivity contribution < 1.29 is 4.79 Å². The molecule has 0 spiro atoms. The number of nitrogens with two attached hydrogens (primary N) is 1. The molecule has 2 rings (SSSR count). The number of aromatic nitrogens is 1. The third-order valence-corrected chi connectivity index (χ3v) is 4.31. The molecule has 1 amide bonds. The summed E-state index contributed by atoms with van der Waals surface area (Å²) in [7, 11) is 3.90. The molecule has 1 aliphatic rings. The number of rotatable bonds is 4. The zero-order valence-electron chi connectivity index (χ0n) is 13.2. The molecule has 1 saturated carbocycles. The Kier molecular flexibility index (Phi) is 4.83. The SMILES string of the molecule is CN(C)c1ncccc1CNC(=O)C1CCCCC1(C)N. The molecule has 116 valence electrons. The van der Waals surface area contributed by atoms with E-state index in [1.807, 2.05) is 38.1 Å². The van der Waals surface area contributed by atoms with E-state index < -0.39 is 0 Å². The summed E-state index contributed by atoms with van der Waals surface area (Å²) < 4.78 is 0. The number of pyridine rings is 1. The molecule has 2 atom stereocenters. The predicted molar refractivity (Wildman–Crippen MR) is 85.0 cm³/mol. The van der Waals surface area contributed by atoms with E-state index in [0.29, 0.717) is 6.54 Å². The second-order valence-electron chi connectivity index (χ2n) is 6.40. The Morgan fingerprint density at radius 2 is 2.29 bits per heavy atom. The maximum atomic E-state index is 12.4. The van der Waals surface area contributed by atoms with Gasteiger partial charge in [-0.1, -0.05) is 18.9 Å². The summed E-state index contributed by atoms with van der Waals surface area (Å²) >= 11 is 0. The number of hydrogen-bond acceptors (Lipinski definition) is 4. The minimum absolute atomic E-state index is 0.0632. The van der Waals surface area contributed by atoms with Crippen LogP contribution < -0.4 is 16.0 Å². The van der Waals surface area contributed by atoms with Crippen molar-refractivity contribution in [3.63, 3.8) is 0 Å². The van der Waals surface area contributed by atoms with Gasteiger partial charge in [0.2, 0.25) is 5.91 Å². The molecule has 5 heteroatoms. The van der Waals surface area contributed by atoms with Gasteiger partial charge in [0.15, 0.2) is 0 Å². The monoisotopic (exact) mass is 290 g/mol. The number of amides is 1. The van der Waals surface area contributed by atoms with Crippen molar-refractivity contribution in [2.75, 3.05) is 19.0 Å². The van der Waals surface area contributed by atoms with Gasteiger partial charge in [-0.05, 0) is 25.8 Å². The lowest BCUT2D eigenvalue weighted by Crippen LogP contribution is -2.52. The van der Waals surface area contributed by atoms with Gasteiger partial charge in [-0.15, -0.1) is 0 Å². The maximum absolute atomic E-state index is 12.4. The van der Waals surface area contributed by atoms with Crippen molar-refractivity contribution in [1.82, 2.24) is 10.3 Å². The van der Waals surface area contributed by atoms with E-state index in [1.54, 1.807) is 6.20 Å². The number of carbonyl (C=O) groups excluding carboxylic acids is 1. The normalized spacial score (nSPS) is 25.4. The van der Waals surface area contributed by atoms with Crippen LogP contribution in [0.4, 0.5) is 5.82 Å². The fraction of sp³-hybridized carbons (Fsp3) is 0.625. The third-order valence-electron chi connectivity index (χ3n) is 4.31. The number of nitrogens with zero attached hydrogens (tertiary/aromatic N) is 2.